The van der Waals surface area contributed by atoms with Crippen molar-refractivity contribution in [2.45, 2.75) is 213 Å². The zero-order valence-electron chi connectivity index (χ0n) is 33.1. The first-order valence-corrected chi connectivity index (χ1v) is 22.7. The predicted molar refractivity (Wildman–Crippen MR) is 211 cm³/mol. The van der Waals surface area contributed by atoms with Crippen LogP contribution in [0.4, 0.5) is 0 Å². The maximum atomic E-state index is 12.1. The third-order valence-corrected chi connectivity index (χ3v) is 10.2. The van der Waals surface area contributed by atoms with Crippen LogP contribution in [0.1, 0.15) is 206 Å². The molecule has 0 rings (SSSR count). The third-order valence-electron chi connectivity index (χ3n) is 9.20. The second-order valence-electron chi connectivity index (χ2n) is 14.3. The van der Waals surface area contributed by atoms with Gasteiger partial charge in [-0.3, -0.25) is 18.6 Å². The van der Waals surface area contributed by atoms with Gasteiger partial charge in [0.2, 0.25) is 5.91 Å². The summed E-state index contributed by atoms with van der Waals surface area (Å²) in [6, 6.07) is 0. The summed E-state index contributed by atoms with van der Waals surface area (Å²) in [4.78, 5) is 33.8. The number of hydrogen-bond donors (Lipinski definition) is 3. The van der Waals surface area contributed by atoms with Crippen molar-refractivity contribution < 1.29 is 37.9 Å². The number of aliphatic hydroxyl groups excluding tert-OH is 1. The van der Waals surface area contributed by atoms with Gasteiger partial charge in [0.05, 0.1) is 13.2 Å². The molecule has 0 aromatic carbocycles. The van der Waals surface area contributed by atoms with E-state index < -0.39 is 26.5 Å². The number of phosphoric ester groups is 1. The number of hydrogen-bond acceptors (Lipinski definition) is 7. The fourth-order valence-electron chi connectivity index (χ4n) is 5.96. The maximum absolute atomic E-state index is 12.1. The van der Waals surface area contributed by atoms with E-state index in [0.717, 1.165) is 57.8 Å². The van der Waals surface area contributed by atoms with Gasteiger partial charge >= 0.3 is 13.8 Å². The molecule has 10 heteroatoms. The summed E-state index contributed by atoms with van der Waals surface area (Å²) < 4.78 is 26.8. The van der Waals surface area contributed by atoms with E-state index in [2.05, 4.69) is 31.3 Å². The van der Waals surface area contributed by atoms with Crippen LogP contribution < -0.4 is 5.32 Å². The van der Waals surface area contributed by atoms with Crippen molar-refractivity contribution in [2.75, 3.05) is 26.4 Å². The second kappa shape index (κ2) is 38.5. The lowest BCUT2D eigenvalue weighted by atomic mass is 10.0. The lowest BCUT2D eigenvalue weighted by Gasteiger charge is -2.15. The first-order valence-electron chi connectivity index (χ1n) is 21.2. The minimum atomic E-state index is -4.41. The van der Waals surface area contributed by atoms with Crippen molar-refractivity contribution in [3.05, 3.63) is 12.2 Å². The summed E-state index contributed by atoms with van der Waals surface area (Å²) in [7, 11) is -4.41. The molecule has 0 aliphatic heterocycles. The van der Waals surface area contributed by atoms with Crippen LogP contribution in [0.3, 0.4) is 0 Å². The normalized spacial score (nSPS) is 13.4. The zero-order valence-corrected chi connectivity index (χ0v) is 34.0. The molecule has 0 fully saturated rings. The molecule has 0 aromatic heterocycles. The van der Waals surface area contributed by atoms with Crippen molar-refractivity contribution in [1.29, 1.82) is 0 Å². The Hall–Kier alpha value is -1.25. The smallest absolute Gasteiger partial charge is 0.463 e. The molecule has 0 spiro atoms. The molecule has 3 N–H and O–H groups in total. The highest BCUT2D eigenvalue weighted by Crippen LogP contribution is 2.42. The topological polar surface area (TPSA) is 131 Å². The van der Waals surface area contributed by atoms with Crippen LogP contribution in [0.25, 0.3) is 0 Å². The number of ether oxygens (including phenoxy) is 1. The highest BCUT2D eigenvalue weighted by atomic mass is 31.2. The minimum absolute atomic E-state index is 0.0854. The van der Waals surface area contributed by atoms with Gasteiger partial charge in [0.25, 0.3) is 0 Å². The van der Waals surface area contributed by atoms with Gasteiger partial charge in [-0.1, -0.05) is 167 Å². The number of nitrogens with one attached hydrogen (secondary N) is 1. The SMILES string of the molecule is CCCCC/C=C\CCCCCCCC(=O)OCC(O)COP(=O)(O)OCCNC(=O)CCCCCCCCCCCCCCCCCCCC. The quantitative estimate of drug-likeness (QED) is 0.0244. The average molecular weight is 746 g/mol. The maximum Gasteiger partial charge on any atom is 0.472 e. The fraction of sp³-hybridized carbons (Fsp3) is 0.902. The highest BCUT2D eigenvalue weighted by Gasteiger charge is 2.23. The summed E-state index contributed by atoms with van der Waals surface area (Å²) in [6.45, 7) is 3.54. The minimum Gasteiger partial charge on any atom is -0.463 e. The van der Waals surface area contributed by atoms with E-state index in [0.29, 0.717) is 6.42 Å². The van der Waals surface area contributed by atoms with Crippen molar-refractivity contribution in [2.24, 2.45) is 0 Å². The Balaban J connectivity index is 3.56. The van der Waals surface area contributed by atoms with Crippen LogP contribution >= 0.6 is 7.82 Å². The predicted octanol–water partition coefficient (Wildman–Crippen LogP) is 11.4. The van der Waals surface area contributed by atoms with Crippen LogP contribution in [0.15, 0.2) is 12.2 Å². The number of carbonyl (C=O) groups is 2. The number of aliphatic hydroxyl groups is 1. The third kappa shape index (κ3) is 39.8. The summed E-state index contributed by atoms with van der Waals surface area (Å²) in [5.41, 5.74) is 0. The molecule has 302 valence electrons. The number of unbranched alkanes of at least 4 members (excludes halogenated alkanes) is 25. The van der Waals surface area contributed by atoms with Crippen LogP contribution in [0.2, 0.25) is 0 Å². The highest BCUT2D eigenvalue weighted by molar-refractivity contribution is 7.47. The van der Waals surface area contributed by atoms with E-state index in [9.17, 15) is 24.2 Å². The second-order valence-corrected chi connectivity index (χ2v) is 15.8. The van der Waals surface area contributed by atoms with E-state index in [-0.39, 0.29) is 32.1 Å². The number of amides is 1. The molecule has 0 aliphatic carbocycles. The van der Waals surface area contributed by atoms with Crippen molar-refractivity contribution >= 4 is 19.7 Å². The molecular weight excluding hydrogens is 665 g/mol. The monoisotopic (exact) mass is 746 g/mol. The van der Waals surface area contributed by atoms with Crippen LogP contribution in [-0.2, 0) is 27.9 Å². The van der Waals surface area contributed by atoms with Crippen LogP contribution in [0.5, 0.6) is 0 Å². The zero-order chi connectivity index (χ0) is 37.5. The summed E-state index contributed by atoms with van der Waals surface area (Å²) >= 11 is 0. The number of esters is 1. The van der Waals surface area contributed by atoms with Gasteiger partial charge in [-0.05, 0) is 38.5 Å². The molecule has 0 bridgehead atoms. The largest absolute Gasteiger partial charge is 0.472 e. The molecule has 2 atom stereocenters. The molecular formula is C41H80NO8P. The summed E-state index contributed by atoms with van der Waals surface area (Å²) in [5.74, 6) is -0.518. The molecule has 9 nitrogen and oxygen atoms in total. The molecule has 0 saturated carbocycles. The Bertz CT molecular complexity index is 856. The fourth-order valence-corrected chi connectivity index (χ4v) is 6.72. The van der Waals surface area contributed by atoms with E-state index in [1.165, 1.54) is 122 Å². The van der Waals surface area contributed by atoms with Gasteiger partial charge in [-0.25, -0.2) is 4.57 Å². The molecule has 1 amide bonds. The van der Waals surface area contributed by atoms with Gasteiger partial charge in [0.15, 0.2) is 0 Å². The lowest BCUT2D eigenvalue weighted by molar-refractivity contribution is -0.147. The van der Waals surface area contributed by atoms with Gasteiger partial charge in [0, 0.05) is 19.4 Å². The Labute approximate surface area is 313 Å². The van der Waals surface area contributed by atoms with Gasteiger partial charge < -0.3 is 20.1 Å². The molecule has 2 unspecified atom stereocenters. The van der Waals surface area contributed by atoms with Crippen molar-refractivity contribution in [3.63, 3.8) is 0 Å². The Kier molecular flexibility index (Phi) is 37.5. The van der Waals surface area contributed by atoms with Crippen LogP contribution in [-0.4, -0.2) is 54.3 Å². The van der Waals surface area contributed by atoms with Crippen LogP contribution in [0, 0.1) is 0 Å². The molecule has 51 heavy (non-hydrogen) atoms. The van der Waals surface area contributed by atoms with E-state index in [4.69, 9.17) is 13.8 Å². The Morgan fingerprint density at radius 2 is 1.00 bits per heavy atom. The van der Waals surface area contributed by atoms with Gasteiger partial charge in [-0.2, -0.15) is 0 Å². The first-order chi connectivity index (χ1) is 24.8. The van der Waals surface area contributed by atoms with Gasteiger partial charge in [0.1, 0.15) is 12.7 Å². The lowest BCUT2D eigenvalue weighted by Crippen LogP contribution is -2.27. The number of allylic oxidation sites excluding steroid dienone is 2. The summed E-state index contributed by atoms with van der Waals surface area (Å²) in [6.07, 6.45) is 38.6. The first kappa shape index (κ1) is 49.8. The Morgan fingerprint density at radius 3 is 1.51 bits per heavy atom. The Morgan fingerprint density at radius 1 is 0.588 bits per heavy atom. The standard InChI is InChI=1S/C41H80NO8P/c1-3-5-7-9-11-13-15-17-18-19-20-21-22-23-25-27-29-31-33-40(44)42-35-36-49-51(46,47)50-38-39(43)37-48-41(45)34-32-30-28-26-24-16-14-12-10-8-6-4-2/h12,14,39,43H,3-11,13,15-38H2,1-2H3,(H,42,44)(H,46,47)/b14-12-. The summed E-state index contributed by atoms with van der Waals surface area (Å²) in [5, 5.41) is 12.7. The molecule has 0 radical (unpaired) electrons. The van der Waals surface area contributed by atoms with Crippen molar-refractivity contribution in [3.8, 4) is 0 Å². The van der Waals surface area contributed by atoms with E-state index in [1.54, 1.807) is 0 Å². The van der Waals surface area contributed by atoms with Crippen molar-refractivity contribution in [1.82, 2.24) is 5.32 Å². The molecule has 0 aromatic rings. The number of rotatable bonds is 40. The van der Waals surface area contributed by atoms with E-state index >= 15 is 0 Å². The average Bonchev–Trinajstić information content (AvgIpc) is 3.11. The molecule has 0 aliphatic rings. The molecule has 0 saturated heterocycles. The van der Waals surface area contributed by atoms with Gasteiger partial charge in [-0.15, -0.1) is 0 Å². The molecule has 0 heterocycles. The number of phosphoric acid groups is 1. The van der Waals surface area contributed by atoms with E-state index in [1.807, 2.05) is 0 Å². The number of carbonyl (C=O) groups excluding carboxylic acids is 2.